The Kier molecular flexibility index (Phi) is 3.40. The molecule has 1 saturated carbocycles. The summed E-state index contributed by atoms with van der Waals surface area (Å²) in [6.07, 6.45) is 0. The van der Waals surface area contributed by atoms with Crippen molar-refractivity contribution in [2.24, 2.45) is 37.9 Å². The molecular formula is C23H42. The first-order valence-electron chi connectivity index (χ1n) is 9.50. The van der Waals surface area contributed by atoms with Crippen molar-refractivity contribution in [3.8, 4) is 0 Å². The van der Waals surface area contributed by atoms with Crippen molar-refractivity contribution in [1.29, 1.82) is 0 Å². The Balaban J connectivity index is 3.15. The topological polar surface area (TPSA) is 0 Å². The third-order valence-electron chi connectivity index (χ3n) is 11.6. The van der Waals surface area contributed by atoms with E-state index >= 15 is 0 Å². The number of hydrogen-bond acceptors (Lipinski definition) is 0. The molecule has 134 valence electrons. The molecule has 23 heavy (non-hydrogen) atoms. The first kappa shape index (κ1) is 19.1. The lowest BCUT2D eigenvalue weighted by molar-refractivity contribution is -0.319. The zero-order chi connectivity index (χ0) is 18.7. The van der Waals surface area contributed by atoms with E-state index in [0.717, 1.165) is 0 Å². The van der Waals surface area contributed by atoms with Gasteiger partial charge in [0.2, 0.25) is 0 Å². The third-order valence-corrected chi connectivity index (χ3v) is 11.6. The molecule has 0 radical (unpaired) electrons. The van der Waals surface area contributed by atoms with E-state index in [-0.39, 0.29) is 37.9 Å². The van der Waals surface area contributed by atoms with Gasteiger partial charge in [-0.05, 0) is 51.8 Å². The Labute approximate surface area is 146 Å². The summed E-state index contributed by atoms with van der Waals surface area (Å²) in [5, 5.41) is 0. The smallest absolute Gasteiger partial charge is 0.000315 e. The Morgan fingerprint density at radius 1 is 0.435 bits per heavy atom. The Morgan fingerprint density at radius 2 is 0.826 bits per heavy atom. The second-order valence-corrected chi connectivity index (χ2v) is 11.6. The lowest BCUT2D eigenvalue weighted by Crippen LogP contribution is -2.77. The number of fused-ring (bicyclic) bond motifs is 2. The fourth-order valence-electron chi connectivity index (χ4n) is 7.81. The fourth-order valence-corrected chi connectivity index (χ4v) is 7.81. The molecule has 2 aliphatic rings. The van der Waals surface area contributed by atoms with Crippen LogP contribution in [0.25, 0.3) is 0 Å². The molecule has 0 aromatic heterocycles. The van der Waals surface area contributed by atoms with Crippen molar-refractivity contribution in [3.63, 3.8) is 0 Å². The van der Waals surface area contributed by atoms with Gasteiger partial charge < -0.3 is 0 Å². The first-order valence-corrected chi connectivity index (χ1v) is 9.50. The maximum absolute atomic E-state index is 2.60. The van der Waals surface area contributed by atoms with Crippen molar-refractivity contribution >= 4 is 0 Å². The van der Waals surface area contributed by atoms with Crippen LogP contribution in [0.2, 0.25) is 0 Å². The standard InChI is InChI=1S/C23H42/c1-15-16(2)22(13)19(7,8)18(5,6)20(9,10)23(14,17(15,3)4)21(22,11)12/h1-14H3. The number of rotatable bonds is 0. The summed E-state index contributed by atoms with van der Waals surface area (Å²) in [7, 11) is 0. The molecule has 0 heterocycles. The molecule has 0 N–H and O–H groups in total. The molecule has 0 heteroatoms. The first-order chi connectivity index (χ1) is 9.82. The van der Waals surface area contributed by atoms with E-state index in [0.29, 0.717) is 0 Å². The van der Waals surface area contributed by atoms with Crippen molar-refractivity contribution in [2.75, 3.05) is 0 Å². The highest BCUT2D eigenvalue weighted by molar-refractivity contribution is 5.42. The van der Waals surface area contributed by atoms with E-state index in [4.69, 9.17) is 0 Å². The molecule has 0 aromatic carbocycles. The van der Waals surface area contributed by atoms with Gasteiger partial charge in [0.15, 0.2) is 0 Å². The van der Waals surface area contributed by atoms with E-state index in [9.17, 15) is 0 Å². The van der Waals surface area contributed by atoms with Crippen LogP contribution in [-0.2, 0) is 0 Å². The minimum absolute atomic E-state index is 0.188. The highest BCUT2D eigenvalue weighted by atomic mass is 14.8. The van der Waals surface area contributed by atoms with Crippen LogP contribution in [0.15, 0.2) is 11.1 Å². The van der Waals surface area contributed by atoms with Crippen LogP contribution < -0.4 is 0 Å². The van der Waals surface area contributed by atoms with E-state index < -0.39 is 0 Å². The molecule has 2 bridgehead atoms. The summed E-state index contributed by atoms with van der Waals surface area (Å²) in [6, 6.07) is 0. The molecule has 0 amide bonds. The third kappa shape index (κ3) is 1.37. The minimum Gasteiger partial charge on any atom is -0.0676 e. The predicted molar refractivity (Wildman–Crippen MR) is 103 cm³/mol. The Morgan fingerprint density at radius 3 is 1.22 bits per heavy atom. The van der Waals surface area contributed by atoms with Crippen LogP contribution in [0.1, 0.15) is 96.9 Å². The highest BCUT2D eigenvalue weighted by Gasteiger charge is 2.79. The maximum atomic E-state index is 2.60. The summed E-state index contributed by atoms with van der Waals surface area (Å²) in [5.74, 6) is 0. The van der Waals surface area contributed by atoms with Crippen LogP contribution in [0.4, 0.5) is 0 Å². The van der Waals surface area contributed by atoms with Gasteiger partial charge in [0.1, 0.15) is 0 Å². The van der Waals surface area contributed by atoms with Gasteiger partial charge in [0.25, 0.3) is 0 Å². The van der Waals surface area contributed by atoms with Gasteiger partial charge in [-0.1, -0.05) is 94.2 Å². The van der Waals surface area contributed by atoms with Crippen LogP contribution in [0.3, 0.4) is 0 Å². The van der Waals surface area contributed by atoms with Gasteiger partial charge >= 0.3 is 0 Å². The molecule has 0 aromatic rings. The lowest BCUT2D eigenvalue weighted by atomic mass is 9.21. The van der Waals surface area contributed by atoms with E-state index in [1.807, 2.05) is 0 Å². The molecule has 2 rings (SSSR count). The molecule has 0 nitrogen and oxygen atoms in total. The minimum atomic E-state index is 0.188. The Bertz CT molecular complexity index is 579. The number of hydrogen-bond donors (Lipinski definition) is 0. The average molecular weight is 319 g/mol. The van der Waals surface area contributed by atoms with Gasteiger partial charge in [-0.2, -0.15) is 0 Å². The molecular weight excluding hydrogens is 276 g/mol. The number of allylic oxidation sites excluding steroid dienone is 2. The zero-order valence-corrected chi connectivity index (χ0v) is 18.5. The predicted octanol–water partition coefficient (Wildman–Crippen LogP) is 7.49. The SMILES string of the molecule is CC1=C(C)C2(C)C(C)(C)C(C)(C)C(C)(C)C(C)(C1(C)C)C2(C)C. The molecule has 0 aliphatic heterocycles. The molecule has 2 unspecified atom stereocenters. The fraction of sp³-hybridized carbons (Fsp3) is 0.913. The molecule has 1 fully saturated rings. The van der Waals surface area contributed by atoms with Crippen molar-refractivity contribution in [2.45, 2.75) is 96.9 Å². The molecule has 0 spiro atoms. The quantitative estimate of drug-likeness (QED) is 0.406. The van der Waals surface area contributed by atoms with Gasteiger partial charge in [-0.15, -0.1) is 0 Å². The van der Waals surface area contributed by atoms with Crippen molar-refractivity contribution < 1.29 is 0 Å². The van der Waals surface area contributed by atoms with Crippen LogP contribution in [-0.4, -0.2) is 0 Å². The van der Waals surface area contributed by atoms with E-state index in [2.05, 4.69) is 96.9 Å². The van der Waals surface area contributed by atoms with Crippen molar-refractivity contribution in [3.05, 3.63) is 11.1 Å². The summed E-state index contributed by atoms with van der Waals surface area (Å²) in [5.41, 5.74) is 4.74. The zero-order valence-electron chi connectivity index (χ0n) is 18.5. The largest absolute Gasteiger partial charge is 0.0676 e. The lowest BCUT2D eigenvalue weighted by Gasteiger charge is -2.83. The second-order valence-electron chi connectivity index (χ2n) is 11.6. The van der Waals surface area contributed by atoms with Gasteiger partial charge in [-0.25, -0.2) is 0 Å². The normalized spacial score (nSPS) is 42.5. The molecule has 2 aliphatic carbocycles. The summed E-state index contributed by atoms with van der Waals surface area (Å²) >= 11 is 0. The van der Waals surface area contributed by atoms with Crippen LogP contribution in [0, 0.1) is 37.9 Å². The van der Waals surface area contributed by atoms with E-state index in [1.54, 1.807) is 11.1 Å². The summed E-state index contributed by atoms with van der Waals surface area (Å²) in [4.78, 5) is 0. The summed E-state index contributed by atoms with van der Waals surface area (Å²) in [6.45, 7) is 35.3. The monoisotopic (exact) mass is 318 g/mol. The van der Waals surface area contributed by atoms with Gasteiger partial charge in [0, 0.05) is 0 Å². The molecule has 2 atom stereocenters. The maximum Gasteiger partial charge on any atom is -0.000315 e. The Hall–Kier alpha value is -0.260. The van der Waals surface area contributed by atoms with Crippen LogP contribution >= 0.6 is 0 Å². The van der Waals surface area contributed by atoms with Crippen molar-refractivity contribution in [1.82, 2.24) is 0 Å². The van der Waals surface area contributed by atoms with E-state index in [1.165, 1.54) is 0 Å². The van der Waals surface area contributed by atoms with Crippen LogP contribution in [0.5, 0.6) is 0 Å². The summed E-state index contributed by atoms with van der Waals surface area (Å²) < 4.78 is 0. The van der Waals surface area contributed by atoms with Gasteiger partial charge in [-0.3, -0.25) is 0 Å². The average Bonchev–Trinajstić information content (AvgIpc) is 2.39. The molecule has 0 saturated heterocycles. The highest BCUT2D eigenvalue weighted by Crippen LogP contribution is 2.85. The van der Waals surface area contributed by atoms with Gasteiger partial charge in [0.05, 0.1) is 0 Å². The second kappa shape index (κ2) is 4.10.